The number of hydrogen-bond donors (Lipinski definition) is 2. The Bertz CT molecular complexity index is 1100. The van der Waals surface area contributed by atoms with E-state index in [1.807, 2.05) is 79.9 Å². The zero-order chi connectivity index (χ0) is 18.8. The summed E-state index contributed by atoms with van der Waals surface area (Å²) in [5, 5.41) is 3.05. The van der Waals surface area contributed by atoms with Gasteiger partial charge in [-0.05, 0) is 55.1 Å². The van der Waals surface area contributed by atoms with Gasteiger partial charge >= 0.3 is 0 Å². The molecule has 0 fully saturated rings. The molecule has 3 aromatic carbocycles. The van der Waals surface area contributed by atoms with E-state index in [0.717, 1.165) is 38.6 Å². The number of nitrogens with one attached hydrogen (secondary N) is 2. The second-order valence-electron chi connectivity index (χ2n) is 6.28. The summed E-state index contributed by atoms with van der Waals surface area (Å²) in [6.07, 6.45) is 2.00. The van der Waals surface area contributed by atoms with Gasteiger partial charge in [0.05, 0.1) is 16.7 Å². The number of nitrogens with zero attached hydrogens (tertiary/aromatic N) is 1. The molecule has 1 amide bonds. The van der Waals surface area contributed by atoms with Crippen LogP contribution in [0.4, 0.5) is 5.69 Å². The van der Waals surface area contributed by atoms with Crippen LogP contribution in [0.3, 0.4) is 0 Å². The summed E-state index contributed by atoms with van der Waals surface area (Å²) in [7, 11) is 0. The highest BCUT2D eigenvalue weighted by Gasteiger charge is 2.14. The van der Waals surface area contributed by atoms with Crippen LogP contribution in [0.15, 0.2) is 71.6 Å². The van der Waals surface area contributed by atoms with Crippen molar-refractivity contribution in [1.29, 1.82) is 0 Å². The minimum atomic E-state index is -0.119. The van der Waals surface area contributed by atoms with E-state index in [0.29, 0.717) is 5.56 Å². The van der Waals surface area contributed by atoms with Crippen LogP contribution in [-0.4, -0.2) is 22.1 Å². The maximum atomic E-state index is 12.9. The first-order chi connectivity index (χ1) is 13.2. The fraction of sp³-hybridized carbons (Fsp3) is 0.0909. The predicted molar refractivity (Wildman–Crippen MR) is 112 cm³/mol. The van der Waals surface area contributed by atoms with E-state index in [1.54, 1.807) is 11.8 Å². The number of fused-ring (bicyclic) bond motifs is 1. The second-order valence-corrected chi connectivity index (χ2v) is 7.16. The number of aromatic amines is 1. The van der Waals surface area contributed by atoms with E-state index in [9.17, 15) is 4.79 Å². The molecule has 0 aliphatic rings. The zero-order valence-electron chi connectivity index (χ0n) is 15.1. The first-order valence-corrected chi connectivity index (χ1v) is 9.88. The maximum absolute atomic E-state index is 12.9. The Balaban J connectivity index is 1.70. The number of anilines is 1. The lowest BCUT2D eigenvalue weighted by molar-refractivity contribution is 0.102. The van der Waals surface area contributed by atoms with Gasteiger partial charge in [-0.2, -0.15) is 0 Å². The van der Waals surface area contributed by atoms with Gasteiger partial charge in [0, 0.05) is 16.0 Å². The molecule has 4 rings (SSSR count). The molecule has 1 aromatic heterocycles. The first kappa shape index (κ1) is 17.4. The van der Waals surface area contributed by atoms with E-state index in [1.165, 1.54) is 0 Å². The molecule has 0 bridgehead atoms. The summed E-state index contributed by atoms with van der Waals surface area (Å²) in [5.74, 6) is 0.619. The summed E-state index contributed by atoms with van der Waals surface area (Å²) >= 11 is 1.62. The average molecular weight is 373 g/mol. The van der Waals surface area contributed by atoms with E-state index in [4.69, 9.17) is 0 Å². The van der Waals surface area contributed by atoms with Crippen molar-refractivity contribution >= 4 is 34.4 Å². The molecule has 27 heavy (non-hydrogen) atoms. The van der Waals surface area contributed by atoms with Crippen molar-refractivity contribution in [3.63, 3.8) is 0 Å². The smallest absolute Gasteiger partial charge is 0.255 e. The van der Waals surface area contributed by atoms with Gasteiger partial charge in [-0.25, -0.2) is 4.98 Å². The Labute approximate surface area is 162 Å². The summed E-state index contributed by atoms with van der Waals surface area (Å²) in [6, 6.07) is 21.5. The number of benzene rings is 3. The third-order valence-corrected chi connectivity index (χ3v) is 5.23. The number of rotatable bonds is 4. The first-order valence-electron chi connectivity index (χ1n) is 8.66. The highest BCUT2D eigenvalue weighted by Crippen LogP contribution is 2.28. The Hall–Kier alpha value is -3.05. The highest BCUT2D eigenvalue weighted by atomic mass is 32.2. The van der Waals surface area contributed by atoms with Crippen LogP contribution in [0.1, 0.15) is 15.9 Å². The van der Waals surface area contributed by atoms with Crippen LogP contribution in [0.2, 0.25) is 0 Å². The van der Waals surface area contributed by atoms with Crippen LogP contribution in [0, 0.1) is 6.92 Å². The highest BCUT2D eigenvalue weighted by molar-refractivity contribution is 7.98. The third-order valence-electron chi connectivity index (χ3n) is 4.51. The molecule has 4 aromatic rings. The predicted octanol–water partition coefficient (Wildman–Crippen LogP) is 5.51. The van der Waals surface area contributed by atoms with Crippen molar-refractivity contribution in [2.45, 2.75) is 11.8 Å². The number of thioether (sulfide) groups is 1. The van der Waals surface area contributed by atoms with Gasteiger partial charge in [0.2, 0.25) is 0 Å². The number of amides is 1. The Morgan fingerprint density at radius 2 is 1.81 bits per heavy atom. The number of aryl methyl sites for hydroxylation is 1. The molecule has 0 aliphatic heterocycles. The molecule has 2 N–H and O–H groups in total. The van der Waals surface area contributed by atoms with Crippen molar-refractivity contribution < 1.29 is 4.79 Å². The van der Waals surface area contributed by atoms with Crippen molar-refractivity contribution in [2.24, 2.45) is 0 Å². The van der Waals surface area contributed by atoms with Gasteiger partial charge in [0.1, 0.15) is 5.82 Å². The minimum absolute atomic E-state index is 0.119. The van der Waals surface area contributed by atoms with Crippen molar-refractivity contribution in [3.05, 3.63) is 77.9 Å². The number of carbonyl (C=O) groups is 1. The molecule has 0 radical (unpaired) electrons. The minimum Gasteiger partial charge on any atom is -0.338 e. The summed E-state index contributed by atoms with van der Waals surface area (Å²) < 4.78 is 0. The molecule has 5 heteroatoms. The Morgan fingerprint density at radius 3 is 2.63 bits per heavy atom. The molecule has 0 spiro atoms. The fourth-order valence-electron chi connectivity index (χ4n) is 3.04. The standard InChI is InChI=1S/C22H19N3OS/c1-14-11-12-15(27-2)13-17(14)22(26)25-18-8-4-3-7-16(18)21-23-19-9-5-6-10-20(19)24-21/h3-13H,1-2H3,(H,23,24)(H,25,26). The summed E-state index contributed by atoms with van der Waals surface area (Å²) in [4.78, 5) is 22.0. The van der Waals surface area contributed by atoms with Crippen molar-refractivity contribution in [1.82, 2.24) is 9.97 Å². The van der Waals surface area contributed by atoms with E-state index in [2.05, 4.69) is 15.3 Å². The van der Waals surface area contributed by atoms with Crippen LogP contribution >= 0.6 is 11.8 Å². The Kier molecular flexibility index (Phi) is 4.69. The van der Waals surface area contributed by atoms with E-state index < -0.39 is 0 Å². The van der Waals surface area contributed by atoms with E-state index in [-0.39, 0.29) is 5.91 Å². The van der Waals surface area contributed by atoms with Gasteiger partial charge in [-0.1, -0.05) is 30.3 Å². The monoisotopic (exact) mass is 373 g/mol. The normalized spacial score (nSPS) is 10.9. The number of hydrogen-bond acceptors (Lipinski definition) is 3. The second kappa shape index (κ2) is 7.29. The molecule has 134 valence electrons. The molecule has 4 nitrogen and oxygen atoms in total. The van der Waals surface area contributed by atoms with Crippen LogP contribution in [0.5, 0.6) is 0 Å². The molecular weight excluding hydrogens is 354 g/mol. The molecule has 0 aliphatic carbocycles. The van der Waals surface area contributed by atoms with Crippen LogP contribution in [-0.2, 0) is 0 Å². The quantitative estimate of drug-likeness (QED) is 0.464. The molecular formula is C22H19N3OS. The molecule has 1 heterocycles. The molecule has 0 atom stereocenters. The van der Waals surface area contributed by atoms with Crippen molar-refractivity contribution in [2.75, 3.05) is 11.6 Å². The van der Waals surface area contributed by atoms with Crippen LogP contribution in [0.25, 0.3) is 22.4 Å². The van der Waals surface area contributed by atoms with E-state index >= 15 is 0 Å². The molecule has 0 saturated heterocycles. The van der Waals surface area contributed by atoms with Gasteiger partial charge < -0.3 is 10.3 Å². The number of para-hydroxylation sites is 3. The fourth-order valence-corrected chi connectivity index (χ4v) is 3.48. The number of aromatic nitrogens is 2. The van der Waals surface area contributed by atoms with Crippen LogP contribution < -0.4 is 5.32 Å². The number of H-pyrrole nitrogens is 1. The lowest BCUT2D eigenvalue weighted by atomic mass is 10.1. The molecule has 0 saturated carbocycles. The summed E-state index contributed by atoms with van der Waals surface area (Å²) in [6.45, 7) is 1.95. The Morgan fingerprint density at radius 1 is 1.04 bits per heavy atom. The maximum Gasteiger partial charge on any atom is 0.255 e. The number of carbonyl (C=O) groups excluding carboxylic acids is 1. The SMILES string of the molecule is CSc1ccc(C)c(C(=O)Nc2ccccc2-c2nc3ccccc3[nH]2)c1. The van der Waals surface area contributed by atoms with Crippen molar-refractivity contribution in [3.8, 4) is 11.4 Å². The van der Waals surface area contributed by atoms with Gasteiger partial charge in [0.25, 0.3) is 5.91 Å². The van der Waals surface area contributed by atoms with Gasteiger partial charge in [-0.15, -0.1) is 11.8 Å². The third kappa shape index (κ3) is 3.46. The zero-order valence-corrected chi connectivity index (χ0v) is 15.9. The van der Waals surface area contributed by atoms with Gasteiger partial charge in [0.15, 0.2) is 0 Å². The largest absolute Gasteiger partial charge is 0.338 e. The average Bonchev–Trinajstić information content (AvgIpc) is 3.12. The summed E-state index contributed by atoms with van der Waals surface area (Å²) in [5.41, 5.74) is 5.10. The van der Waals surface area contributed by atoms with Gasteiger partial charge in [-0.3, -0.25) is 4.79 Å². The number of imidazole rings is 1. The lowest BCUT2D eigenvalue weighted by Crippen LogP contribution is -2.14. The lowest BCUT2D eigenvalue weighted by Gasteiger charge is -2.12. The molecule has 0 unspecified atom stereocenters. The topological polar surface area (TPSA) is 57.8 Å².